The first-order valence-corrected chi connectivity index (χ1v) is 5.38. The molecule has 1 aromatic rings. The van der Waals surface area contributed by atoms with Crippen LogP contribution in [0.3, 0.4) is 0 Å². The lowest BCUT2D eigenvalue weighted by atomic mass is 10.2. The Balaban J connectivity index is 2.97. The van der Waals surface area contributed by atoms with Crippen LogP contribution in [-0.2, 0) is 4.74 Å². The molecule has 0 saturated heterocycles. The third-order valence-corrected chi connectivity index (χ3v) is 2.43. The minimum Gasteiger partial charge on any atom is -0.395 e. The molecule has 0 saturated carbocycles. The van der Waals surface area contributed by atoms with Gasteiger partial charge >= 0.3 is 5.69 Å². The van der Waals surface area contributed by atoms with E-state index in [0.29, 0.717) is 25.4 Å². The van der Waals surface area contributed by atoms with Crippen molar-refractivity contribution < 1.29 is 19.2 Å². The van der Waals surface area contributed by atoms with Gasteiger partial charge in [0.15, 0.2) is 0 Å². The molecule has 0 bridgehead atoms. The highest BCUT2D eigenvalue weighted by molar-refractivity contribution is 5.53. The van der Waals surface area contributed by atoms with E-state index in [1.54, 1.807) is 4.90 Å². The average Bonchev–Trinajstić information content (AvgIpc) is 2.35. The number of halogens is 1. The smallest absolute Gasteiger partial charge is 0.306 e. The van der Waals surface area contributed by atoms with Crippen LogP contribution in [0.2, 0.25) is 0 Å². The number of hydrogen-bond acceptors (Lipinski definition) is 5. The molecule has 0 aliphatic rings. The van der Waals surface area contributed by atoms with E-state index >= 15 is 0 Å². The van der Waals surface area contributed by atoms with Crippen LogP contribution in [0.5, 0.6) is 0 Å². The van der Waals surface area contributed by atoms with Crippen LogP contribution in [0.25, 0.3) is 0 Å². The summed E-state index contributed by atoms with van der Waals surface area (Å²) in [5, 5.41) is 19.6. The molecule has 0 fully saturated rings. The second kappa shape index (κ2) is 6.87. The number of rotatable bonds is 7. The van der Waals surface area contributed by atoms with Crippen LogP contribution in [-0.4, -0.2) is 43.4 Å². The minimum atomic E-state index is -0.876. The molecule has 100 valence electrons. The van der Waals surface area contributed by atoms with Crippen molar-refractivity contribution in [3.8, 4) is 0 Å². The van der Waals surface area contributed by atoms with Gasteiger partial charge in [-0.2, -0.15) is 4.39 Å². The lowest BCUT2D eigenvalue weighted by Gasteiger charge is -2.23. The molecule has 0 aliphatic carbocycles. The highest BCUT2D eigenvalue weighted by Gasteiger charge is 2.16. The van der Waals surface area contributed by atoms with Crippen molar-refractivity contribution in [2.75, 3.05) is 38.3 Å². The number of ether oxygens (including phenoxy) is 1. The molecular weight excluding hydrogens is 243 g/mol. The number of nitro benzene ring substituents is 1. The fourth-order valence-corrected chi connectivity index (χ4v) is 1.53. The van der Waals surface area contributed by atoms with Crippen molar-refractivity contribution in [1.29, 1.82) is 0 Å². The number of nitro groups is 1. The number of methoxy groups -OCH3 is 1. The van der Waals surface area contributed by atoms with Crippen molar-refractivity contribution in [3.05, 3.63) is 34.1 Å². The van der Waals surface area contributed by atoms with Gasteiger partial charge in [-0.25, -0.2) is 0 Å². The fraction of sp³-hybridized carbons (Fsp3) is 0.455. The predicted octanol–water partition coefficient (Wildman–Crippen LogP) is 1.18. The molecule has 0 spiro atoms. The van der Waals surface area contributed by atoms with E-state index in [4.69, 9.17) is 9.84 Å². The summed E-state index contributed by atoms with van der Waals surface area (Å²) >= 11 is 0. The summed E-state index contributed by atoms with van der Waals surface area (Å²) in [6.07, 6.45) is 0. The van der Waals surface area contributed by atoms with Crippen molar-refractivity contribution in [2.45, 2.75) is 0 Å². The second-order valence-electron chi connectivity index (χ2n) is 3.60. The predicted molar refractivity (Wildman–Crippen MR) is 64.2 cm³/mol. The summed E-state index contributed by atoms with van der Waals surface area (Å²) < 4.78 is 18.1. The summed E-state index contributed by atoms with van der Waals surface area (Å²) in [6.45, 7) is 1.06. The number of nitrogens with zero attached hydrogens (tertiary/aromatic N) is 2. The van der Waals surface area contributed by atoms with Crippen molar-refractivity contribution in [2.24, 2.45) is 0 Å². The summed E-state index contributed by atoms with van der Waals surface area (Å²) in [7, 11) is 1.53. The Bertz CT molecular complexity index is 414. The number of aliphatic hydroxyl groups excluding tert-OH is 1. The Morgan fingerprint density at radius 2 is 2.22 bits per heavy atom. The van der Waals surface area contributed by atoms with E-state index < -0.39 is 16.4 Å². The third-order valence-electron chi connectivity index (χ3n) is 2.43. The molecule has 7 heteroatoms. The van der Waals surface area contributed by atoms with Crippen molar-refractivity contribution >= 4 is 11.4 Å². The van der Waals surface area contributed by atoms with Crippen molar-refractivity contribution in [3.63, 3.8) is 0 Å². The first-order valence-electron chi connectivity index (χ1n) is 5.38. The van der Waals surface area contributed by atoms with Gasteiger partial charge in [-0.1, -0.05) is 0 Å². The quantitative estimate of drug-likeness (QED) is 0.587. The van der Waals surface area contributed by atoms with Gasteiger partial charge in [-0.15, -0.1) is 0 Å². The van der Waals surface area contributed by atoms with Gasteiger partial charge < -0.3 is 14.7 Å². The molecule has 1 aromatic carbocycles. The molecular formula is C11H15FN2O4. The zero-order chi connectivity index (χ0) is 13.5. The Morgan fingerprint density at radius 1 is 1.50 bits per heavy atom. The molecule has 6 nitrogen and oxygen atoms in total. The van der Waals surface area contributed by atoms with E-state index in [1.165, 1.54) is 13.2 Å². The van der Waals surface area contributed by atoms with E-state index in [0.717, 1.165) is 12.1 Å². The van der Waals surface area contributed by atoms with Gasteiger partial charge in [0.25, 0.3) is 0 Å². The van der Waals surface area contributed by atoms with Crippen LogP contribution in [0.1, 0.15) is 0 Å². The van der Waals surface area contributed by atoms with E-state index in [2.05, 4.69) is 0 Å². The molecule has 1 N–H and O–H groups in total. The molecule has 0 aliphatic heterocycles. The SMILES string of the molecule is COCCN(CCO)c1ccc(F)c([N+](=O)[O-])c1. The molecule has 0 aromatic heterocycles. The number of benzene rings is 1. The normalized spacial score (nSPS) is 10.4. The third kappa shape index (κ3) is 3.64. The fourth-order valence-electron chi connectivity index (χ4n) is 1.53. The highest BCUT2D eigenvalue weighted by Crippen LogP contribution is 2.24. The van der Waals surface area contributed by atoms with E-state index in [9.17, 15) is 14.5 Å². The van der Waals surface area contributed by atoms with Gasteiger partial charge in [0.2, 0.25) is 5.82 Å². The van der Waals surface area contributed by atoms with Crippen LogP contribution in [0.15, 0.2) is 18.2 Å². The molecule has 18 heavy (non-hydrogen) atoms. The molecule has 1 rings (SSSR count). The van der Waals surface area contributed by atoms with Crippen molar-refractivity contribution in [1.82, 2.24) is 0 Å². The average molecular weight is 258 g/mol. The van der Waals surface area contributed by atoms with Crippen LogP contribution in [0.4, 0.5) is 15.8 Å². The van der Waals surface area contributed by atoms with Crippen LogP contribution in [0, 0.1) is 15.9 Å². The second-order valence-corrected chi connectivity index (χ2v) is 3.60. The maximum atomic E-state index is 13.2. The molecule has 0 heterocycles. The van der Waals surface area contributed by atoms with E-state index in [-0.39, 0.29) is 6.61 Å². The Labute approximate surface area is 104 Å². The van der Waals surface area contributed by atoms with Gasteiger partial charge in [-0.3, -0.25) is 10.1 Å². The zero-order valence-corrected chi connectivity index (χ0v) is 10.0. The van der Waals surface area contributed by atoms with E-state index in [1.807, 2.05) is 0 Å². The highest BCUT2D eigenvalue weighted by atomic mass is 19.1. The Kier molecular flexibility index (Phi) is 5.47. The van der Waals surface area contributed by atoms with Gasteiger partial charge in [0.1, 0.15) is 0 Å². The minimum absolute atomic E-state index is 0.102. The topological polar surface area (TPSA) is 75.8 Å². The van der Waals surface area contributed by atoms with Gasteiger partial charge in [0.05, 0.1) is 18.1 Å². The summed E-state index contributed by atoms with van der Waals surface area (Å²) in [6, 6.07) is 3.64. The van der Waals surface area contributed by atoms with Crippen LogP contribution >= 0.6 is 0 Å². The molecule has 0 amide bonds. The molecule has 0 atom stereocenters. The Hall–Kier alpha value is -1.73. The summed E-state index contributed by atoms with van der Waals surface area (Å²) in [4.78, 5) is 11.6. The largest absolute Gasteiger partial charge is 0.395 e. The zero-order valence-electron chi connectivity index (χ0n) is 10.0. The maximum Gasteiger partial charge on any atom is 0.306 e. The Morgan fingerprint density at radius 3 is 2.78 bits per heavy atom. The monoisotopic (exact) mass is 258 g/mol. The first-order chi connectivity index (χ1) is 8.60. The number of hydrogen-bond donors (Lipinski definition) is 1. The number of aliphatic hydroxyl groups is 1. The summed E-state index contributed by atoms with van der Waals surface area (Å²) in [5.41, 5.74) is -0.0953. The summed E-state index contributed by atoms with van der Waals surface area (Å²) in [5.74, 6) is -0.876. The first kappa shape index (κ1) is 14.3. The maximum absolute atomic E-state index is 13.2. The molecule has 0 unspecified atom stereocenters. The lowest BCUT2D eigenvalue weighted by Crippen LogP contribution is -2.30. The number of anilines is 1. The van der Waals surface area contributed by atoms with Gasteiger partial charge in [0, 0.05) is 32.0 Å². The van der Waals surface area contributed by atoms with Gasteiger partial charge in [-0.05, 0) is 12.1 Å². The lowest BCUT2D eigenvalue weighted by molar-refractivity contribution is -0.387. The molecule has 0 radical (unpaired) electrons. The van der Waals surface area contributed by atoms with Crippen LogP contribution < -0.4 is 4.90 Å². The standard InChI is InChI=1S/C11H15FN2O4/c1-18-7-5-13(4-6-15)9-2-3-10(12)11(8-9)14(16)17/h2-3,8,15H,4-7H2,1H3.